The van der Waals surface area contributed by atoms with Crippen molar-refractivity contribution < 1.29 is 23.1 Å². The molecule has 1 rings (SSSR count). The maximum absolute atomic E-state index is 11.9. The van der Waals surface area contributed by atoms with Gasteiger partial charge in [-0.2, -0.15) is 0 Å². The van der Waals surface area contributed by atoms with Crippen molar-refractivity contribution in [3.8, 4) is 0 Å². The Morgan fingerprint density at radius 2 is 2.05 bits per heavy atom. The van der Waals surface area contributed by atoms with Crippen LogP contribution in [0.1, 0.15) is 16.8 Å². The molecule has 0 aliphatic carbocycles. The molecule has 0 radical (unpaired) electrons. The number of carbonyl (C=O) groups is 2. The molecule has 4 N–H and O–H groups in total. The highest BCUT2D eigenvalue weighted by Gasteiger charge is 2.19. The number of nitrogens with one attached hydrogen (secondary N) is 1. The Morgan fingerprint density at radius 1 is 1.43 bits per heavy atom. The molecule has 116 valence electrons. The van der Waals surface area contributed by atoms with E-state index in [0.29, 0.717) is 4.47 Å². The summed E-state index contributed by atoms with van der Waals surface area (Å²) in [5, 5.41) is 11.4. The third kappa shape index (κ3) is 5.82. The molecule has 0 saturated heterocycles. The summed E-state index contributed by atoms with van der Waals surface area (Å²) in [6, 6.07) is 3.26. The Bertz CT molecular complexity index is 660. The second kappa shape index (κ2) is 7.01. The summed E-state index contributed by atoms with van der Waals surface area (Å²) in [5.74, 6) is -2.05. The number of anilines is 1. The minimum absolute atomic E-state index is 0.0406. The predicted octanol–water partition coefficient (Wildman–Crippen LogP) is 0.848. The Hall–Kier alpha value is -1.45. The lowest BCUT2D eigenvalue weighted by Gasteiger charge is -2.13. The lowest BCUT2D eigenvalue weighted by Crippen LogP contribution is -2.37. The van der Waals surface area contributed by atoms with Crippen molar-refractivity contribution >= 4 is 43.3 Å². The molecule has 9 heteroatoms. The van der Waals surface area contributed by atoms with Crippen LogP contribution in [0, 0.1) is 0 Å². The van der Waals surface area contributed by atoms with Crippen LogP contribution in [0.3, 0.4) is 0 Å². The van der Waals surface area contributed by atoms with Crippen LogP contribution in [0.4, 0.5) is 5.69 Å². The van der Waals surface area contributed by atoms with Gasteiger partial charge in [-0.15, -0.1) is 0 Å². The van der Waals surface area contributed by atoms with Gasteiger partial charge in [0.2, 0.25) is 5.91 Å². The van der Waals surface area contributed by atoms with Crippen LogP contribution in [-0.4, -0.2) is 43.5 Å². The zero-order valence-corrected chi connectivity index (χ0v) is 13.6. The summed E-state index contributed by atoms with van der Waals surface area (Å²) < 4.78 is 22.7. The first-order valence-electron chi connectivity index (χ1n) is 5.87. The van der Waals surface area contributed by atoms with E-state index in [2.05, 4.69) is 21.2 Å². The highest BCUT2D eigenvalue weighted by atomic mass is 79.9. The number of hydrogen-bond donors (Lipinski definition) is 3. The van der Waals surface area contributed by atoms with Gasteiger partial charge in [-0.05, 0) is 24.6 Å². The Morgan fingerprint density at radius 3 is 2.57 bits per heavy atom. The van der Waals surface area contributed by atoms with Crippen LogP contribution < -0.4 is 11.1 Å². The van der Waals surface area contributed by atoms with E-state index in [-0.39, 0.29) is 23.4 Å². The molecule has 0 bridgehead atoms. The summed E-state index contributed by atoms with van der Waals surface area (Å²) in [4.78, 5) is 22.9. The van der Waals surface area contributed by atoms with Gasteiger partial charge in [0, 0.05) is 10.7 Å². The monoisotopic (exact) mass is 378 g/mol. The summed E-state index contributed by atoms with van der Waals surface area (Å²) in [6.07, 6.45) is 1.01. The highest BCUT2D eigenvalue weighted by molar-refractivity contribution is 9.10. The molecule has 21 heavy (non-hydrogen) atoms. The first kappa shape index (κ1) is 17.6. The average Bonchev–Trinajstić information content (AvgIpc) is 2.34. The number of aromatic carboxylic acids is 1. The molecule has 0 saturated carbocycles. The number of benzene rings is 1. The Balaban J connectivity index is 2.83. The molecule has 0 aromatic heterocycles. The van der Waals surface area contributed by atoms with E-state index in [1.54, 1.807) is 0 Å². The highest BCUT2D eigenvalue weighted by Crippen LogP contribution is 2.21. The van der Waals surface area contributed by atoms with Crippen LogP contribution in [0.25, 0.3) is 0 Å². The standard InChI is InChI=1S/C12H15BrN2O5S/c1-21(19,20)5-4-9(14)11(16)15-10-6-7(13)2-3-8(10)12(17)18/h2-3,6,9H,4-5,14H2,1H3,(H,15,16)(H,17,18). The molecule has 0 spiro atoms. The van der Waals surface area contributed by atoms with E-state index in [0.717, 1.165) is 6.26 Å². The van der Waals surface area contributed by atoms with Gasteiger partial charge in [0.15, 0.2) is 0 Å². The molecule has 7 nitrogen and oxygen atoms in total. The van der Waals surface area contributed by atoms with Crippen molar-refractivity contribution in [2.75, 3.05) is 17.3 Å². The maximum Gasteiger partial charge on any atom is 0.337 e. The quantitative estimate of drug-likeness (QED) is 0.673. The molecule has 1 aromatic carbocycles. The number of carboxylic acid groups (broad SMARTS) is 1. The normalized spacial score (nSPS) is 12.7. The first-order valence-corrected chi connectivity index (χ1v) is 8.72. The fraction of sp³-hybridized carbons (Fsp3) is 0.333. The zero-order chi connectivity index (χ0) is 16.2. The number of amides is 1. The van der Waals surface area contributed by atoms with Gasteiger partial charge in [-0.1, -0.05) is 15.9 Å². The molecular weight excluding hydrogens is 364 g/mol. The van der Waals surface area contributed by atoms with Crippen molar-refractivity contribution in [1.29, 1.82) is 0 Å². The van der Waals surface area contributed by atoms with Crippen LogP contribution in [-0.2, 0) is 14.6 Å². The van der Waals surface area contributed by atoms with Crippen molar-refractivity contribution in [1.82, 2.24) is 0 Å². The Labute approximate surface area is 130 Å². The summed E-state index contributed by atoms with van der Waals surface area (Å²) in [7, 11) is -3.22. The predicted molar refractivity (Wildman–Crippen MR) is 82.0 cm³/mol. The smallest absolute Gasteiger partial charge is 0.337 e. The van der Waals surface area contributed by atoms with Gasteiger partial charge in [-0.3, -0.25) is 4.79 Å². The molecule has 1 atom stereocenters. The van der Waals surface area contributed by atoms with Gasteiger partial charge in [-0.25, -0.2) is 13.2 Å². The second-order valence-electron chi connectivity index (χ2n) is 4.51. The largest absolute Gasteiger partial charge is 0.478 e. The minimum Gasteiger partial charge on any atom is -0.478 e. The van der Waals surface area contributed by atoms with Crippen LogP contribution in [0.15, 0.2) is 22.7 Å². The molecule has 0 fully saturated rings. The van der Waals surface area contributed by atoms with Gasteiger partial charge in [0.25, 0.3) is 0 Å². The van der Waals surface area contributed by atoms with Crippen LogP contribution in [0.2, 0.25) is 0 Å². The number of nitrogens with two attached hydrogens (primary N) is 1. The summed E-state index contributed by atoms with van der Waals surface area (Å²) in [5.41, 5.74) is 5.61. The van der Waals surface area contributed by atoms with Crippen LogP contribution >= 0.6 is 15.9 Å². The average molecular weight is 379 g/mol. The van der Waals surface area contributed by atoms with Crippen molar-refractivity contribution in [3.05, 3.63) is 28.2 Å². The zero-order valence-electron chi connectivity index (χ0n) is 11.2. The van der Waals surface area contributed by atoms with Crippen molar-refractivity contribution in [2.45, 2.75) is 12.5 Å². The van der Waals surface area contributed by atoms with Gasteiger partial charge in [0.05, 0.1) is 23.0 Å². The molecule has 1 amide bonds. The van der Waals surface area contributed by atoms with Crippen molar-refractivity contribution in [2.24, 2.45) is 5.73 Å². The molecule has 0 aliphatic rings. The van der Waals surface area contributed by atoms with E-state index in [4.69, 9.17) is 10.8 Å². The maximum atomic E-state index is 11.9. The van der Waals surface area contributed by atoms with Gasteiger partial charge >= 0.3 is 5.97 Å². The molecule has 0 heterocycles. The van der Waals surface area contributed by atoms with E-state index in [1.165, 1.54) is 18.2 Å². The second-order valence-corrected chi connectivity index (χ2v) is 7.68. The first-order chi connectivity index (χ1) is 9.60. The van der Waals surface area contributed by atoms with E-state index in [1.807, 2.05) is 0 Å². The lowest BCUT2D eigenvalue weighted by atomic mass is 10.1. The summed E-state index contributed by atoms with van der Waals surface area (Å²) >= 11 is 3.17. The fourth-order valence-corrected chi connectivity index (χ4v) is 2.55. The number of hydrogen-bond acceptors (Lipinski definition) is 5. The topological polar surface area (TPSA) is 127 Å². The van der Waals surface area contributed by atoms with Crippen LogP contribution in [0.5, 0.6) is 0 Å². The number of rotatable bonds is 6. The lowest BCUT2D eigenvalue weighted by molar-refractivity contribution is -0.117. The van der Waals surface area contributed by atoms with E-state index >= 15 is 0 Å². The third-order valence-electron chi connectivity index (χ3n) is 2.61. The molecule has 1 aromatic rings. The van der Waals surface area contributed by atoms with Crippen molar-refractivity contribution in [3.63, 3.8) is 0 Å². The van der Waals surface area contributed by atoms with Gasteiger partial charge < -0.3 is 16.2 Å². The molecule has 1 unspecified atom stereocenters. The SMILES string of the molecule is CS(=O)(=O)CCC(N)C(=O)Nc1cc(Br)ccc1C(=O)O. The molecule has 0 aliphatic heterocycles. The van der Waals surface area contributed by atoms with E-state index in [9.17, 15) is 18.0 Å². The number of sulfone groups is 1. The van der Waals surface area contributed by atoms with Gasteiger partial charge in [0.1, 0.15) is 9.84 Å². The van der Waals surface area contributed by atoms with E-state index < -0.39 is 27.8 Å². The Kier molecular flexibility index (Phi) is 5.87. The fourth-order valence-electron chi connectivity index (χ4n) is 1.50. The molecular formula is C12H15BrN2O5S. The minimum atomic E-state index is -3.22. The third-order valence-corrected chi connectivity index (χ3v) is 4.08. The summed E-state index contributed by atoms with van der Waals surface area (Å²) in [6.45, 7) is 0. The number of carbonyl (C=O) groups excluding carboxylic acids is 1. The number of halogens is 1. The number of carboxylic acids is 1.